The van der Waals surface area contributed by atoms with Crippen LogP contribution in [0, 0.1) is 0 Å². The fourth-order valence-electron chi connectivity index (χ4n) is 1.98. The number of aromatic amines is 1. The molecule has 4 nitrogen and oxygen atoms in total. The second-order valence-corrected chi connectivity index (χ2v) is 3.92. The van der Waals surface area contributed by atoms with Crippen LogP contribution in [0.2, 0.25) is 0 Å². The summed E-state index contributed by atoms with van der Waals surface area (Å²) in [7, 11) is 1.63. The zero-order valence-corrected chi connectivity index (χ0v) is 9.77. The average molecular weight is 241 g/mol. The molecule has 4 heteroatoms. The molecule has 3 aromatic rings. The van der Waals surface area contributed by atoms with E-state index in [1.54, 1.807) is 13.2 Å². The van der Waals surface area contributed by atoms with Gasteiger partial charge >= 0.3 is 5.76 Å². The molecule has 0 unspecified atom stereocenters. The van der Waals surface area contributed by atoms with E-state index in [0.717, 1.165) is 16.9 Å². The predicted octanol–water partition coefficient (Wildman–Crippen LogP) is 2.80. The van der Waals surface area contributed by atoms with E-state index in [0.29, 0.717) is 11.1 Å². The maximum absolute atomic E-state index is 11.2. The van der Waals surface area contributed by atoms with E-state index < -0.39 is 5.76 Å². The minimum absolute atomic E-state index is 0.439. The summed E-state index contributed by atoms with van der Waals surface area (Å²) in [6.45, 7) is 0. The number of hydrogen-bond acceptors (Lipinski definition) is 3. The number of oxazole rings is 1. The number of methoxy groups -OCH3 is 1. The van der Waals surface area contributed by atoms with Crippen LogP contribution in [0.3, 0.4) is 0 Å². The molecule has 18 heavy (non-hydrogen) atoms. The lowest BCUT2D eigenvalue weighted by Crippen LogP contribution is -1.93. The summed E-state index contributed by atoms with van der Waals surface area (Å²) in [6, 6.07) is 13.2. The predicted molar refractivity (Wildman–Crippen MR) is 68.8 cm³/mol. The molecular weight excluding hydrogens is 230 g/mol. The third-order valence-electron chi connectivity index (χ3n) is 2.86. The van der Waals surface area contributed by atoms with Gasteiger partial charge in [-0.2, -0.15) is 0 Å². The number of rotatable bonds is 2. The number of fused-ring (bicyclic) bond motifs is 1. The molecule has 1 heterocycles. The lowest BCUT2D eigenvalue weighted by molar-refractivity contribution is 0.415. The van der Waals surface area contributed by atoms with E-state index in [-0.39, 0.29) is 0 Å². The van der Waals surface area contributed by atoms with Gasteiger partial charge in [0.1, 0.15) is 5.75 Å². The van der Waals surface area contributed by atoms with Gasteiger partial charge in [0.15, 0.2) is 5.58 Å². The largest absolute Gasteiger partial charge is 0.497 e. The van der Waals surface area contributed by atoms with Crippen molar-refractivity contribution in [2.75, 3.05) is 7.11 Å². The number of nitrogens with one attached hydrogen (secondary N) is 1. The molecule has 0 saturated carbocycles. The number of H-pyrrole nitrogens is 1. The molecule has 0 aliphatic rings. The van der Waals surface area contributed by atoms with Crippen LogP contribution in [0.4, 0.5) is 0 Å². The fraction of sp³-hybridized carbons (Fsp3) is 0.0714. The van der Waals surface area contributed by atoms with Crippen LogP contribution in [-0.2, 0) is 0 Å². The molecule has 0 saturated heterocycles. The van der Waals surface area contributed by atoms with E-state index in [1.165, 1.54) is 0 Å². The third kappa shape index (κ3) is 1.68. The Morgan fingerprint density at radius 1 is 1.11 bits per heavy atom. The molecule has 0 amide bonds. The van der Waals surface area contributed by atoms with Gasteiger partial charge in [-0.1, -0.05) is 24.3 Å². The minimum Gasteiger partial charge on any atom is -0.497 e. The monoisotopic (exact) mass is 241 g/mol. The highest BCUT2D eigenvalue weighted by molar-refractivity contribution is 5.90. The van der Waals surface area contributed by atoms with Crippen molar-refractivity contribution < 1.29 is 9.15 Å². The van der Waals surface area contributed by atoms with Crippen LogP contribution in [0.1, 0.15) is 0 Å². The molecule has 0 fully saturated rings. The molecule has 2 aromatic carbocycles. The van der Waals surface area contributed by atoms with Crippen molar-refractivity contribution in [3.05, 3.63) is 53.0 Å². The van der Waals surface area contributed by atoms with Gasteiger partial charge in [0.05, 0.1) is 12.6 Å². The zero-order chi connectivity index (χ0) is 12.5. The summed E-state index contributed by atoms with van der Waals surface area (Å²) in [5.74, 6) is 0.359. The van der Waals surface area contributed by atoms with Crippen LogP contribution >= 0.6 is 0 Å². The number of hydrogen-bond donors (Lipinski definition) is 1. The van der Waals surface area contributed by atoms with Crippen molar-refractivity contribution in [3.63, 3.8) is 0 Å². The number of benzene rings is 2. The molecule has 0 aliphatic heterocycles. The van der Waals surface area contributed by atoms with Crippen molar-refractivity contribution >= 4 is 11.1 Å². The van der Waals surface area contributed by atoms with E-state index in [4.69, 9.17) is 9.15 Å². The number of para-hydroxylation sites is 1. The lowest BCUT2D eigenvalue weighted by atomic mass is 10.0. The van der Waals surface area contributed by atoms with Gasteiger partial charge < -0.3 is 9.15 Å². The van der Waals surface area contributed by atoms with Crippen LogP contribution < -0.4 is 10.5 Å². The fourth-order valence-corrected chi connectivity index (χ4v) is 1.98. The maximum atomic E-state index is 11.2. The number of ether oxygens (including phenoxy) is 1. The normalized spacial score (nSPS) is 10.7. The standard InChI is InChI=1S/C14H11NO3/c1-17-10-7-5-9(6-8-10)11-3-2-4-12-13(11)15-14(16)18-12/h2-8H,1H3,(H,15,16). The molecule has 0 aliphatic carbocycles. The Labute approximate surface area is 103 Å². The zero-order valence-electron chi connectivity index (χ0n) is 9.77. The van der Waals surface area contributed by atoms with Crippen molar-refractivity contribution in [1.82, 2.24) is 4.98 Å². The molecule has 0 radical (unpaired) electrons. The first-order valence-electron chi connectivity index (χ1n) is 5.54. The van der Waals surface area contributed by atoms with Gasteiger partial charge in [0.25, 0.3) is 0 Å². The topological polar surface area (TPSA) is 55.2 Å². The first-order valence-corrected chi connectivity index (χ1v) is 5.54. The lowest BCUT2D eigenvalue weighted by Gasteiger charge is -2.04. The molecular formula is C14H11NO3. The highest BCUT2D eigenvalue weighted by Crippen LogP contribution is 2.27. The Hall–Kier alpha value is -2.49. The van der Waals surface area contributed by atoms with Crippen molar-refractivity contribution in [2.45, 2.75) is 0 Å². The Morgan fingerprint density at radius 3 is 2.61 bits per heavy atom. The maximum Gasteiger partial charge on any atom is 0.417 e. The van der Waals surface area contributed by atoms with E-state index in [1.807, 2.05) is 36.4 Å². The molecule has 0 atom stereocenters. The van der Waals surface area contributed by atoms with Gasteiger partial charge in [0, 0.05) is 5.56 Å². The summed E-state index contributed by atoms with van der Waals surface area (Å²) < 4.78 is 10.2. The molecule has 0 spiro atoms. The Morgan fingerprint density at radius 2 is 1.89 bits per heavy atom. The Balaban J connectivity index is 2.20. The quantitative estimate of drug-likeness (QED) is 0.750. The van der Waals surface area contributed by atoms with Gasteiger partial charge in [-0.05, 0) is 23.8 Å². The minimum atomic E-state index is -0.439. The van der Waals surface area contributed by atoms with E-state index in [2.05, 4.69) is 4.98 Å². The van der Waals surface area contributed by atoms with E-state index in [9.17, 15) is 4.79 Å². The van der Waals surface area contributed by atoms with Crippen LogP contribution in [0.15, 0.2) is 51.7 Å². The highest BCUT2D eigenvalue weighted by Gasteiger charge is 2.07. The first kappa shape index (κ1) is 10.7. The van der Waals surface area contributed by atoms with Crippen molar-refractivity contribution in [1.29, 1.82) is 0 Å². The summed E-state index contributed by atoms with van der Waals surface area (Å²) in [4.78, 5) is 13.9. The summed E-state index contributed by atoms with van der Waals surface area (Å²) in [6.07, 6.45) is 0. The average Bonchev–Trinajstić information content (AvgIpc) is 2.79. The molecule has 1 aromatic heterocycles. The highest BCUT2D eigenvalue weighted by atomic mass is 16.5. The summed E-state index contributed by atoms with van der Waals surface area (Å²) in [5, 5.41) is 0. The van der Waals surface area contributed by atoms with Gasteiger partial charge in [0.2, 0.25) is 0 Å². The molecule has 0 bridgehead atoms. The van der Waals surface area contributed by atoms with Gasteiger partial charge in [-0.15, -0.1) is 0 Å². The van der Waals surface area contributed by atoms with Gasteiger partial charge in [-0.3, -0.25) is 4.98 Å². The van der Waals surface area contributed by atoms with Crippen LogP contribution in [-0.4, -0.2) is 12.1 Å². The summed E-state index contributed by atoms with van der Waals surface area (Å²) >= 11 is 0. The molecule has 1 N–H and O–H groups in total. The summed E-state index contributed by atoms with van der Waals surface area (Å²) in [5.41, 5.74) is 3.21. The molecule has 3 rings (SSSR count). The third-order valence-corrected chi connectivity index (χ3v) is 2.86. The Kier molecular flexibility index (Phi) is 2.41. The van der Waals surface area contributed by atoms with Crippen LogP contribution in [0.5, 0.6) is 5.75 Å². The Bertz CT molecular complexity index is 738. The molecule has 90 valence electrons. The van der Waals surface area contributed by atoms with Crippen molar-refractivity contribution in [2.24, 2.45) is 0 Å². The van der Waals surface area contributed by atoms with E-state index >= 15 is 0 Å². The number of aromatic nitrogens is 1. The van der Waals surface area contributed by atoms with Crippen LogP contribution in [0.25, 0.3) is 22.2 Å². The second kappa shape index (κ2) is 4.07. The van der Waals surface area contributed by atoms with Gasteiger partial charge in [-0.25, -0.2) is 4.79 Å². The SMILES string of the molecule is COc1ccc(-c2cccc3oc(=O)[nH]c23)cc1. The second-order valence-electron chi connectivity index (χ2n) is 3.92. The smallest absolute Gasteiger partial charge is 0.417 e. The first-order chi connectivity index (χ1) is 8.78. The van der Waals surface area contributed by atoms with Crippen molar-refractivity contribution in [3.8, 4) is 16.9 Å².